The van der Waals surface area contributed by atoms with Crippen molar-refractivity contribution in [1.29, 1.82) is 0 Å². The number of ether oxygens (including phenoxy) is 2. The third-order valence-electron chi connectivity index (χ3n) is 7.34. The van der Waals surface area contributed by atoms with E-state index in [2.05, 4.69) is 20.7 Å². The number of halogens is 2. The van der Waals surface area contributed by atoms with Crippen LogP contribution >= 0.6 is 0 Å². The summed E-state index contributed by atoms with van der Waals surface area (Å²) in [5, 5.41) is 19.5. The van der Waals surface area contributed by atoms with Gasteiger partial charge in [0.2, 0.25) is 0 Å². The number of urea groups is 1. The summed E-state index contributed by atoms with van der Waals surface area (Å²) in [6.45, 7) is 1.41. The summed E-state index contributed by atoms with van der Waals surface area (Å²) in [5.74, 6) is -2.08. The minimum atomic E-state index is -0.983. The van der Waals surface area contributed by atoms with Crippen molar-refractivity contribution in [2.75, 3.05) is 46.9 Å². The molecule has 1 saturated heterocycles. The number of rotatable bonds is 11. The van der Waals surface area contributed by atoms with E-state index in [1.807, 2.05) is 0 Å². The monoisotopic (exact) mass is 526 g/mol. The van der Waals surface area contributed by atoms with Crippen LogP contribution in [0.3, 0.4) is 0 Å². The number of carbonyl (C=O) groups is 2. The molecule has 0 aromatic heterocycles. The summed E-state index contributed by atoms with van der Waals surface area (Å²) in [7, 11) is 3.03. The molecular weight excluding hydrogens is 486 g/mol. The minimum Gasteiger partial charge on any atom is -0.453 e. The number of nitrogens with one attached hydrogen (secondary N) is 3. The topological polar surface area (TPSA) is 112 Å². The second-order valence-corrected chi connectivity index (χ2v) is 9.85. The van der Waals surface area contributed by atoms with Gasteiger partial charge in [0.05, 0.1) is 32.0 Å². The summed E-state index contributed by atoms with van der Waals surface area (Å²) in [5.41, 5.74) is 0.0787. The lowest BCUT2D eigenvalue weighted by Crippen LogP contribution is -2.56. The Morgan fingerprint density at radius 3 is 2.59 bits per heavy atom. The van der Waals surface area contributed by atoms with Gasteiger partial charge >= 0.3 is 12.1 Å². The zero-order valence-electron chi connectivity index (χ0n) is 21.7. The summed E-state index contributed by atoms with van der Waals surface area (Å²) in [6.07, 6.45) is 3.32. The van der Waals surface area contributed by atoms with Gasteiger partial charge in [-0.2, -0.15) is 0 Å². The van der Waals surface area contributed by atoms with Crippen LogP contribution in [-0.4, -0.2) is 81.2 Å². The predicted octanol–water partition coefficient (Wildman–Crippen LogP) is 2.94. The highest BCUT2D eigenvalue weighted by Gasteiger charge is 2.35. The van der Waals surface area contributed by atoms with Crippen LogP contribution in [0.2, 0.25) is 0 Å². The number of benzene rings is 1. The maximum atomic E-state index is 14.8. The molecule has 3 rings (SSSR count). The molecule has 1 saturated carbocycles. The first-order valence-electron chi connectivity index (χ1n) is 13.1. The maximum absolute atomic E-state index is 14.8. The van der Waals surface area contributed by atoms with E-state index in [1.54, 1.807) is 11.9 Å². The van der Waals surface area contributed by atoms with Crippen molar-refractivity contribution in [1.82, 2.24) is 20.9 Å². The molecule has 0 unspecified atom stereocenters. The number of methoxy groups -OCH3 is 1. The highest BCUT2D eigenvalue weighted by molar-refractivity contribution is 5.74. The Balaban J connectivity index is 1.69. The Labute approximate surface area is 217 Å². The van der Waals surface area contributed by atoms with Crippen LogP contribution in [0.5, 0.6) is 0 Å². The third kappa shape index (κ3) is 7.99. The van der Waals surface area contributed by atoms with Crippen molar-refractivity contribution in [2.45, 2.75) is 56.8 Å². The van der Waals surface area contributed by atoms with E-state index in [4.69, 9.17) is 4.74 Å². The Hall–Kier alpha value is -2.50. The van der Waals surface area contributed by atoms with E-state index in [-0.39, 0.29) is 43.1 Å². The van der Waals surface area contributed by atoms with Crippen LogP contribution < -0.4 is 16.0 Å². The van der Waals surface area contributed by atoms with Gasteiger partial charge < -0.3 is 35.4 Å². The fraction of sp³-hybridized carbons (Fsp3) is 0.692. The van der Waals surface area contributed by atoms with Gasteiger partial charge in [0.15, 0.2) is 11.6 Å². The molecule has 1 heterocycles. The first kappa shape index (κ1) is 29.1. The largest absolute Gasteiger partial charge is 0.453 e. The van der Waals surface area contributed by atoms with Crippen molar-refractivity contribution in [3.63, 3.8) is 0 Å². The molecular formula is C26H40F2N4O5. The highest BCUT2D eigenvalue weighted by atomic mass is 19.2. The lowest BCUT2D eigenvalue weighted by Gasteiger charge is -2.38. The summed E-state index contributed by atoms with van der Waals surface area (Å²) < 4.78 is 39.3. The van der Waals surface area contributed by atoms with E-state index in [0.29, 0.717) is 25.9 Å². The molecule has 9 nitrogen and oxygen atoms in total. The Kier molecular flexibility index (Phi) is 11.3. The zero-order valence-corrected chi connectivity index (χ0v) is 21.7. The first-order chi connectivity index (χ1) is 17.8. The Morgan fingerprint density at radius 1 is 1.16 bits per heavy atom. The average Bonchev–Trinajstić information content (AvgIpc) is 3.45. The summed E-state index contributed by atoms with van der Waals surface area (Å²) in [6, 6.07) is 3.23. The van der Waals surface area contributed by atoms with Crippen molar-refractivity contribution in [3.05, 3.63) is 35.4 Å². The molecule has 2 fully saturated rings. The lowest BCUT2D eigenvalue weighted by atomic mass is 9.88. The van der Waals surface area contributed by atoms with E-state index in [9.17, 15) is 23.5 Å². The molecule has 37 heavy (non-hydrogen) atoms. The van der Waals surface area contributed by atoms with Crippen LogP contribution in [0.4, 0.5) is 18.4 Å². The molecule has 4 N–H and O–H groups in total. The third-order valence-corrected chi connectivity index (χ3v) is 7.34. The van der Waals surface area contributed by atoms with Crippen LogP contribution in [-0.2, 0) is 9.47 Å². The number of alkyl carbamates (subject to hydrolysis) is 1. The molecule has 0 bridgehead atoms. The average molecular weight is 527 g/mol. The molecule has 11 heteroatoms. The van der Waals surface area contributed by atoms with E-state index in [0.717, 1.165) is 31.7 Å². The second kappa shape index (κ2) is 14.4. The highest BCUT2D eigenvalue weighted by Crippen LogP contribution is 2.35. The van der Waals surface area contributed by atoms with Crippen LogP contribution in [0.15, 0.2) is 18.2 Å². The first-order valence-corrected chi connectivity index (χ1v) is 13.1. The number of carbonyl (C=O) groups excluding carboxylic acids is 2. The van der Waals surface area contributed by atoms with E-state index in [1.165, 1.54) is 19.2 Å². The van der Waals surface area contributed by atoms with Gasteiger partial charge in [-0.05, 0) is 44.7 Å². The number of hydrogen-bond donors (Lipinski definition) is 4. The van der Waals surface area contributed by atoms with Gasteiger partial charge in [0.25, 0.3) is 0 Å². The zero-order chi connectivity index (χ0) is 26.8. The predicted molar refractivity (Wildman–Crippen MR) is 134 cm³/mol. The van der Waals surface area contributed by atoms with Crippen molar-refractivity contribution >= 4 is 12.1 Å². The van der Waals surface area contributed by atoms with Crippen molar-refractivity contribution in [2.24, 2.45) is 11.8 Å². The smallest absolute Gasteiger partial charge is 0.406 e. The lowest BCUT2D eigenvalue weighted by molar-refractivity contribution is -0.0114. The van der Waals surface area contributed by atoms with Crippen LogP contribution in [0, 0.1) is 23.5 Å². The number of likely N-dealkylation sites (tertiary alicyclic amines) is 1. The number of aliphatic hydroxyl groups is 1. The van der Waals surface area contributed by atoms with Crippen LogP contribution in [0.1, 0.15) is 50.2 Å². The SMILES string of the molecule is CNC[C@@H](NC(=O)N1CCC[C@@H]([C@@H](OCCNC(=O)OC)c2cccc(F)c2F)C1)[C@@H](O)C1CCCC1. The van der Waals surface area contributed by atoms with Crippen LogP contribution in [0.25, 0.3) is 0 Å². The fourth-order valence-electron chi connectivity index (χ4n) is 5.43. The minimum absolute atomic E-state index is 0.0518. The number of aliphatic hydroxyl groups excluding tert-OH is 1. The Bertz CT molecular complexity index is 887. The van der Waals surface area contributed by atoms with Gasteiger partial charge in [-0.3, -0.25) is 0 Å². The molecule has 208 valence electrons. The normalized spacial score (nSPS) is 20.8. The summed E-state index contributed by atoms with van der Waals surface area (Å²) in [4.78, 5) is 26.2. The number of likely N-dealkylation sites (N-methyl/N-ethyl adjacent to an activating group) is 1. The maximum Gasteiger partial charge on any atom is 0.406 e. The van der Waals surface area contributed by atoms with E-state index < -0.39 is 36.0 Å². The number of hydrogen-bond acceptors (Lipinski definition) is 6. The second-order valence-electron chi connectivity index (χ2n) is 9.85. The quantitative estimate of drug-likeness (QED) is 0.330. The molecule has 3 amide bonds. The standard InChI is InChI=1S/C26H40F2N4O5/c1-29-15-21(23(33)17-7-3-4-8-17)31-25(34)32-13-6-9-18(16-32)24(37-14-12-30-26(35)36-2)19-10-5-11-20(27)22(19)28/h5,10-11,17-18,21,23-24,29,33H,3-4,6-9,12-16H2,1-2H3,(H,30,35)(H,31,34)/t18-,21-,23+,24-/m1/s1. The molecule has 1 aliphatic heterocycles. The summed E-state index contributed by atoms with van der Waals surface area (Å²) >= 11 is 0. The molecule has 1 aromatic rings. The number of piperidine rings is 1. The van der Waals surface area contributed by atoms with Gasteiger partial charge in [0.1, 0.15) is 0 Å². The van der Waals surface area contributed by atoms with Gasteiger partial charge in [-0.1, -0.05) is 25.0 Å². The molecule has 0 radical (unpaired) electrons. The number of amides is 3. The van der Waals surface area contributed by atoms with Gasteiger partial charge in [-0.15, -0.1) is 0 Å². The van der Waals surface area contributed by atoms with Crippen molar-refractivity contribution < 1.29 is 33.0 Å². The molecule has 0 spiro atoms. The molecule has 2 aliphatic rings. The van der Waals surface area contributed by atoms with E-state index >= 15 is 0 Å². The van der Waals surface area contributed by atoms with Crippen molar-refractivity contribution in [3.8, 4) is 0 Å². The van der Waals surface area contributed by atoms with Gasteiger partial charge in [-0.25, -0.2) is 18.4 Å². The Morgan fingerprint density at radius 2 is 1.89 bits per heavy atom. The molecule has 1 aromatic carbocycles. The fourth-order valence-corrected chi connectivity index (χ4v) is 5.43. The van der Waals surface area contributed by atoms with Gasteiger partial charge in [0, 0.05) is 37.7 Å². The molecule has 1 aliphatic carbocycles. The number of nitrogens with zero attached hydrogens (tertiary/aromatic N) is 1. The molecule has 4 atom stereocenters.